The number of methoxy groups -OCH3 is 1. The summed E-state index contributed by atoms with van der Waals surface area (Å²) in [5.41, 5.74) is 0.763. The minimum Gasteiger partial charge on any atom is -0.709 e. The Labute approximate surface area is 320 Å². The summed E-state index contributed by atoms with van der Waals surface area (Å²) in [5.74, 6) is -2.40. The summed E-state index contributed by atoms with van der Waals surface area (Å²) < 4.78 is 61.9. The van der Waals surface area contributed by atoms with Gasteiger partial charge in [-0.2, -0.15) is 13.0 Å². The molecule has 53 heavy (non-hydrogen) atoms. The number of esters is 2. The number of thioether (sulfide) groups is 1. The minimum absolute atomic E-state index is 0.0375. The number of allylic oxidation sites excluding steroid dienone is 6. The van der Waals surface area contributed by atoms with Crippen molar-refractivity contribution < 1.29 is 50.4 Å². The fourth-order valence-corrected chi connectivity index (χ4v) is 9.07. The molecule has 0 spiro atoms. The third kappa shape index (κ3) is 10.7. The van der Waals surface area contributed by atoms with Crippen LogP contribution in [0.2, 0.25) is 0 Å². The number of rotatable bonds is 13. The number of para-hydroxylation sites is 2. The van der Waals surface area contributed by atoms with Gasteiger partial charge in [0.15, 0.2) is 16.5 Å². The SMILES string of the molecule is CCN(C)CC.CCOC(=O)C1(C(=O)OC)CC(=CC=C2Sc3ccccc3N2CS(=O)O[O-])C=C(C=Cc2sc3ccccc3[n+]2CS(=O)(=O)O)C1. The Hall–Kier alpha value is -3.68. The second-order valence-corrected chi connectivity index (χ2v) is 16.5. The molecule has 2 aliphatic rings. The highest BCUT2D eigenvalue weighted by Crippen LogP contribution is 2.47. The number of nitrogens with zero attached hydrogens (tertiary/aromatic N) is 3. The van der Waals surface area contributed by atoms with Gasteiger partial charge in [0.25, 0.3) is 10.9 Å². The maximum Gasteiger partial charge on any atom is 0.326 e. The standard InChI is InChI=1S/C31H30N2O10S4.C5H13N/c1-3-42-30(35)31(29(34)41-2)17-21(12-14-27-32(19-46(37)43-36)23-8-4-6-10-25(23)44-27)16-22(18-31)13-15-28-33(20-47(38,39)40)24-9-5-7-11-26(24)45-28;1-4-6(3)5-2/h4-16H,3,17-20H2,1-2H3,(H-,36,38,39,40);4-5H2,1-3H3. The molecular formula is C36H43N3O10S4. The van der Waals surface area contributed by atoms with Crippen LogP contribution in [0.1, 0.15) is 38.6 Å². The summed E-state index contributed by atoms with van der Waals surface area (Å²) >= 11 is 0.571. The van der Waals surface area contributed by atoms with Gasteiger partial charge in [0, 0.05) is 17.0 Å². The molecule has 3 aromatic rings. The fraction of sp³-hybridized carbons (Fsp3) is 0.361. The maximum atomic E-state index is 13.4. The average molecular weight is 806 g/mol. The molecular weight excluding hydrogens is 763 g/mol. The number of ether oxygens (including phenoxy) is 2. The Morgan fingerprint density at radius 3 is 2.40 bits per heavy atom. The van der Waals surface area contributed by atoms with E-state index in [-0.39, 0.29) is 25.3 Å². The highest BCUT2D eigenvalue weighted by molar-refractivity contribution is 8.03. The van der Waals surface area contributed by atoms with Crippen molar-refractivity contribution in [1.29, 1.82) is 0 Å². The van der Waals surface area contributed by atoms with Gasteiger partial charge in [0.1, 0.15) is 10.6 Å². The molecule has 0 saturated heterocycles. The Morgan fingerprint density at radius 2 is 1.75 bits per heavy atom. The Morgan fingerprint density at radius 1 is 1.06 bits per heavy atom. The third-order valence-electron chi connectivity index (χ3n) is 8.46. The summed E-state index contributed by atoms with van der Waals surface area (Å²) in [5, 5.41) is 12.0. The van der Waals surface area contributed by atoms with Crippen molar-refractivity contribution in [2.75, 3.05) is 44.6 Å². The number of fused-ring (bicyclic) bond motifs is 2. The van der Waals surface area contributed by atoms with Crippen LogP contribution in [-0.2, 0) is 50.5 Å². The molecule has 1 aromatic heterocycles. The fourth-order valence-electron chi connectivity index (χ4n) is 5.64. The molecule has 1 aliphatic carbocycles. The van der Waals surface area contributed by atoms with Crippen molar-refractivity contribution in [3.63, 3.8) is 0 Å². The number of hydrogen-bond acceptors (Lipinski definition) is 13. The zero-order valence-corrected chi connectivity index (χ0v) is 33.3. The molecule has 2 unspecified atom stereocenters. The van der Waals surface area contributed by atoms with Gasteiger partial charge < -0.3 is 28.9 Å². The lowest BCUT2D eigenvalue weighted by molar-refractivity contribution is -0.649. The molecule has 13 nitrogen and oxygen atoms in total. The van der Waals surface area contributed by atoms with E-state index in [1.165, 1.54) is 34.8 Å². The van der Waals surface area contributed by atoms with Crippen LogP contribution in [0.3, 0.4) is 0 Å². The van der Waals surface area contributed by atoms with Gasteiger partial charge in [-0.1, -0.05) is 79.4 Å². The van der Waals surface area contributed by atoms with Crippen molar-refractivity contribution in [2.24, 2.45) is 5.41 Å². The van der Waals surface area contributed by atoms with E-state index in [0.29, 0.717) is 26.7 Å². The van der Waals surface area contributed by atoms with Gasteiger partial charge in [0.05, 0.1) is 24.4 Å². The highest BCUT2D eigenvalue weighted by atomic mass is 32.2. The largest absolute Gasteiger partial charge is 0.709 e. The number of carbonyl (C=O) groups excluding carboxylic acids is 2. The first kappa shape index (κ1) is 42.1. The number of benzene rings is 2. The highest BCUT2D eigenvalue weighted by Gasteiger charge is 2.50. The van der Waals surface area contributed by atoms with Crippen LogP contribution in [-0.4, -0.2) is 73.7 Å². The van der Waals surface area contributed by atoms with Gasteiger partial charge in [0.2, 0.25) is 5.52 Å². The summed E-state index contributed by atoms with van der Waals surface area (Å²) in [6.07, 6.45) is 8.53. The second-order valence-electron chi connectivity index (χ2n) is 12.0. The van der Waals surface area contributed by atoms with Gasteiger partial charge in [-0.3, -0.25) is 14.1 Å². The van der Waals surface area contributed by atoms with Gasteiger partial charge in [-0.15, -0.1) is 0 Å². The normalized spacial score (nSPS) is 19.3. The maximum absolute atomic E-state index is 13.4. The molecule has 1 aliphatic heterocycles. The monoisotopic (exact) mass is 805 g/mol. The average Bonchev–Trinajstić information content (AvgIpc) is 3.68. The first-order valence-corrected chi connectivity index (χ1v) is 21.1. The minimum atomic E-state index is -4.38. The van der Waals surface area contributed by atoms with Gasteiger partial charge in [-0.05, 0) is 75.3 Å². The summed E-state index contributed by atoms with van der Waals surface area (Å²) in [7, 11) is -1.07. The molecule has 5 rings (SSSR count). The summed E-state index contributed by atoms with van der Waals surface area (Å²) in [6.45, 7) is 8.31. The number of aromatic nitrogens is 1. The number of hydrogen-bond donors (Lipinski definition) is 1. The number of carbonyl (C=O) groups is 2. The van der Waals surface area contributed by atoms with Crippen LogP contribution in [0.15, 0.2) is 93.9 Å². The number of thiazole rings is 1. The first-order valence-electron chi connectivity index (χ1n) is 16.6. The molecule has 1 N–H and O–H groups in total. The Balaban J connectivity index is 0.000000964. The van der Waals surface area contributed by atoms with Gasteiger partial charge >= 0.3 is 22.1 Å². The molecule has 2 aromatic carbocycles. The quantitative estimate of drug-likeness (QED) is 0.0629. The molecule has 0 radical (unpaired) electrons. The van der Waals surface area contributed by atoms with E-state index in [0.717, 1.165) is 28.4 Å². The van der Waals surface area contributed by atoms with Gasteiger partial charge in [-0.25, -0.2) is 4.21 Å². The van der Waals surface area contributed by atoms with Crippen LogP contribution in [0.5, 0.6) is 0 Å². The van der Waals surface area contributed by atoms with E-state index in [4.69, 9.17) is 9.47 Å². The lowest BCUT2D eigenvalue weighted by atomic mass is 9.71. The first-order chi connectivity index (χ1) is 25.3. The predicted molar refractivity (Wildman–Crippen MR) is 205 cm³/mol. The van der Waals surface area contributed by atoms with Crippen LogP contribution in [0, 0.1) is 5.41 Å². The zero-order chi connectivity index (χ0) is 38.8. The van der Waals surface area contributed by atoms with Crippen molar-refractivity contribution in [3.05, 3.63) is 94.0 Å². The van der Waals surface area contributed by atoms with E-state index < -0.39 is 44.4 Å². The van der Waals surface area contributed by atoms with Crippen molar-refractivity contribution in [1.82, 2.24) is 4.90 Å². The summed E-state index contributed by atoms with van der Waals surface area (Å²) in [6, 6.07) is 14.5. The van der Waals surface area contributed by atoms with Crippen LogP contribution < -0.4 is 14.7 Å². The van der Waals surface area contributed by atoms with Crippen molar-refractivity contribution >= 4 is 78.2 Å². The van der Waals surface area contributed by atoms with Crippen molar-refractivity contribution in [3.8, 4) is 0 Å². The second kappa shape index (κ2) is 19.1. The number of anilines is 1. The molecule has 0 fully saturated rings. The molecule has 0 saturated carbocycles. The molecule has 0 bridgehead atoms. The molecule has 2 atom stereocenters. The topological polar surface area (TPSA) is 167 Å². The molecule has 17 heteroatoms. The van der Waals surface area contributed by atoms with Crippen LogP contribution in [0.4, 0.5) is 5.69 Å². The summed E-state index contributed by atoms with van der Waals surface area (Å²) in [4.78, 5) is 31.5. The van der Waals surface area contributed by atoms with E-state index in [2.05, 4.69) is 30.1 Å². The predicted octanol–water partition coefficient (Wildman–Crippen LogP) is 4.74. The van der Waals surface area contributed by atoms with E-state index in [1.807, 2.05) is 42.5 Å². The Bertz CT molecular complexity index is 2050. The van der Waals surface area contributed by atoms with Crippen molar-refractivity contribution in [2.45, 2.75) is 44.4 Å². The van der Waals surface area contributed by atoms with Crippen LogP contribution >= 0.6 is 23.1 Å². The third-order valence-corrected chi connectivity index (χ3v) is 11.9. The van der Waals surface area contributed by atoms with E-state index in [1.54, 1.807) is 48.3 Å². The molecule has 2 heterocycles. The lowest BCUT2D eigenvalue weighted by Crippen LogP contribution is -2.43. The Kier molecular flexibility index (Phi) is 15.1. The van der Waals surface area contributed by atoms with Crippen LogP contribution in [0.25, 0.3) is 16.3 Å². The molecule has 0 amide bonds. The van der Waals surface area contributed by atoms with E-state index in [9.17, 15) is 32.0 Å². The lowest BCUT2D eigenvalue weighted by Gasteiger charge is -2.32. The van der Waals surface area contributed by atoms with E-state index >= 15 is 0 Å². The smallest absolute Gasteiger partial charge is 0.326 e. The molecule has 286 valence electrons. The zero-order valence-electron chi connectivity index (χ0n) is 30.1.